The molecule has 25 heavy (non-hydrogen) atoms. The van der Waals surface area contributed by atoms with Crippen molar-refractivity contribution in [3.63, 3.8) is 0 Å². The Morgan fingerprint density at radius 2 is 1.64 bits per heavy atom. The van der Waals surface area contributed by atoms with E-state index in [0.717, 1.165) is 18.5 Å². The van der Waals surface area contributed by atoms with Crippen LogP contribution in [0.4, 0.5) is 0 Å². The molecule has 1 aliphatic heterocycles. The Morgan fingerprint density at radius 3 is 2.28 bits per heavy atom. The van der Waals surface area contributed by atoms with E-state index < -0.39 is 0 Å². The van der Waals surface area contributed by atoms with Crippen LogP contribution in [0.3, 0.4) is 0 Å². The van der Waals surface area contributed by atoms with Crippen LogP contribution in [0.5, 0.6) is 0 Å². The molecule has 1 aliphatic carbocycles. The van der Waals surface area contributed by atoms with Crippen LogP contribution in [0.25, 0.3) is 5.69 Å². The van der Waals surface area contributed by atoms with Crippen LogP contribution in [0.2, 0.25) is 0 Å². The van der Waals surface area contributed by atoms with Gasteiger partial charge in [0.25, 0.3) is 5.91 Å². The Hall–Kier alpha value is -2.41. The number of hydrogen-bond acceptors (Lipinski definition) is 3. The highest BCUT2D eigenvalue weighted by atomic mass is 32.1. The molecule has 2 aliphatic rings. The van der Waals surface area contributed by atoms with Gasteiger partial charge in [-0.05, 0) is 37.2 Å². The molecule has 0 spiro atoms. The first-order valence-corrected chi connectivity index (χ1v) is 9.00. The fourth-order valence-electron chi connectivity index (χ4n) is 3.24. The van der Waals surface area contributed by atoms with Gasteiger partial charge in [-0.3, -0.25) is 14.2 Å². The Morgan fingerprint density at radius 1 is 1.00 bits per heavy atom. The topological polar surface area (TPSA) is 61.3 Å². The lowest BCUT2D eigenvalue weighted by Gasteiger charge is -2.35. The van der Waals surface area contributed by atoms with Crippen molar-refractivity contribution in [1.82, 2.24) is 19.4 Å². The summed E-state index contributed by atoms with van der Waals surface area (Å²) in [6, 6.07) is 9.61. The van der Waals surface area contributed by atoms with E-state index in [2.05, 4.69) is 4.98 Å². The SMILES string of the molecule is O=C(c1c[nH]c(=S)n1-c1ccccc1)N1CCN(C(=O)C2CC2)CC1. The lowest BCUT2D eigenvalue weighted by molar-refractivity contribution is -0.134. The van der Waals surface area contributed by atoms with Gasteiger partial charge in [-0.1, -0.05) is 18.2 Å². The molecule has 1 aromatic carbocycles. The van der Waals surface area contributed by atoms with Crippen molar-refractivity contribution in [3.8, 4) is 5.69 Å². The van der Waals surface area contributed by atoms with Gasteiger partial charge in [0.2, 0.25) is 5.91 Å². The Kier molecular flexibility index (Phi) is 4.17. The number of aromatic amines is 1. The lowest BCUT2D eigenvalue weighted by Crippen LogP contribution is -2.51. The normalized spacial score (nSPS) is 17.6. The lowest BCUT2D eigenvalue weighted by atomic mass is 10.2. The number of rotatable bonds is 3. The smallest absolute Gasteiger partial charge is 0.272 e. The average Bonchev–Trinajstić information content (AvgIpc) is 3.43. The number of para-hydroxylation sites is 1. The summed E-state index contributed by atoms with van der Waals surface area (Å²) in [6.07, 6.45) is 3.69. The van der Waals surface area contributed by atoms with E-state index in [9.17, 15) is 9.59 Å². The minimum atomic E-state index is -0.0604. The predicted octanol–water partition coefficient (Wildman–Crippen LogP) is 2.23. The molecule has 6 nitrogen and oxygen atoms in total. The number of nitrogens with zero attached hydrogens (tertiary/aromatic N) is 3. The van der Waals surface area contributed by atoms with Crippen molar-refractivity contribution in [2.75, 3.05) is 26.2 Å². The first-order chi connectivity index (χ1) is 12.1. The maximum absolute atomic E-state index is 13.0. The first-order valence-electron chi connectivity index (χ1n) is 8.59. The zero-order valence-electron chi connectivity index (χ0n) is 13.9. The van der Waals surface area contributed by atoms with Gasteiger partial charge in [-0.2, -0.15) is 0 Å². The van der Waals surface area contributed by atoms with Gasteiger partial charge in [0.1, 0.15) is 5.69 Å². The average molecular weight is 356 g/mol. The molecule has 130 valence electrons. The first kappa shape index (κ1) is 16.1. The summed E-state index contributed by atoms with van der Waals surface area (Å²) < 4.78 is 2.26. The molecular formula is C18H20N4O2S. The molecule has 1 saturated heterocycles. The molecule has 2 heterocycles. The highest BCUT2D eigenvalue weighted by Gasteiger charge is 2.35. The molecule has 2 fully saturated rings. The van der Waals surface area contributed by atoms with Crippen LogP contribution in [-0.2, 0) is 4.79 Å². The number of piperazine rings is 1. The molecule has 7 heteroatoms. The number of aromatic nitrogens is 2. The molecule has 1 saturated carbocycles. The van der Waals surface area contributed by atoms with Crippen LogP contribution in [0, 0.1) is 10.7 Å². The van der Waals surface area contributed by atoms with E-state index >= 15 is 0 Å². The standard InChI is InChI=1S/C18H20N4O2S/c23-16(13-6-7-13)20-8-10-21(11-9-20)17(24)15-12-19-18(25)22(15)14-4-2-1-3-5-14/h1-5,12-13H,6-11H2,(H,19,25). The monoisotopic (exact) mass is 356 g/mol. The summed E-state index contributed by atoms with van der Waals surface area (Å²) in [6.45, 7) is 2.34. The van der Waals surface area contributed by atoms with E-state index in [1.807, 2.05) is 35.2 Å². The third-order valence-corrected chi connectivity index (χ3v) is 5.12. The van der Waals surface area contributed by atoms with Crippen LogP contribution in [0.15, 0.2) is 36.5 Å². The summed E-state index contributed by atoms with van der Waals surface area (Å²) in [5, 5.41) is 0. The Bertz CT molecular complexity index is 845. The largest absolute Gasteiger partial charge is 0.339 e. The molecule has 0 atom stereocenters. The fourth-order valence-corrected chi connectivity index (χ4v) is 3.50. The van der Waals surface area contributed by atoms with E-state index in [0.29, 0.717) is 36.6 Å². The highest BCUT2D eigenvalue weighted by molar-refractivity contribution is 7.71. The van der Waals surface area contributed by atoms with Gasteiger partial charge < -0.3 is 14.8 Å². The summed E-state index contributed by atoms with van der Waals surface area (Å²) in [7, 11) is 0. The highest BCUT2D eigenvalue weighted by Crippen LogP contribution is 2.31. The van der Waals surface area contributed by atoms with Crippen LogP contribution in [0.1, 0.15) is 23.3 Å². The van der Waals surface area contributed by atoms with E-state index in [-0.39, 0.29) is 17.7 Å². The molecule has 2 aromatic rings. The molecule has 0 radical (unpaired) electrons. The summed E-state index contributed by atoms with van der Waals surface area (Å²) >= 11 is 5.35. The number of H-pyrrole nitrogens is 1. The number of imidazole rings is 1. The van der Waals surface area contributed by atoms with Gasteiger partial charge in [0.05, 0.1) is 0 Å². The second-order valence-electron chi connectivity index (χ2n) is 6.54. The van der Waals surface area contributed by atoms with Crippen molar-refractivity contribution < 1.29 is 9.59 Å². The molecule has 1 aromatic heterocycles. The quantitative estimate of drug-likeness (QED) is 0.858. The second-order valence-corrected chi connectivity index (χ2v) is 6.93. The molecular weight excluding hydrogens is 336 g/mol. The molecule has 2 amide bonds. The Balaban J connectivity index is 1.51. The molecule has 4 rings (SSSR count). The molecule has 1 N–H and O–H groups in total. The third kappa shape index (κ3) is 3.11. The summed E-state index contributed by atoms with van der Waals surface area (Å²) in [4.78, 5) is 31.8. The van der Waals surface area contributed by atoms with Gasteiger partial charge in [0, 0.05) is 44.0 Å². The van der Waals surface area contributed by atoms with Crippen molar-refractivity contribution in [2.45, 2.75) is 12.8 Å². The predicted molar refractivity (Wildman–Crippen MR) is 96.2 cm³/mol. The van der Waals surface area contributed by atoms with Crippen molar-refractivity contribution in [2.24, 2.45) is 5.92 Å². The number of carbonyl (C=O) groups excluding carboxylic acids is 2. The molecule has 0 bridgehead atoms. The number of nitrogens with one attached hydrogen (secondary N) is 1. The van der Waals surface area contributed by atoms with Gasteiger partial charge in [0.15, 0.2) is 4.77 Å². The maximum Gasteiger partial charge on any atom is 0.272 e. The molecule has 0 unspecified atom stereocenters. The van der Waals surface area contributed by atoms with Gasteiger partial charge in [-0.15, -0.1) is 0 Å². The van der Waals surface area contributed by atoms with Crippen molar-refractivity contribution in [3.05, 3.63) is 47.0 Å². The zero-order valence-corrected chi connectivity index (χ0v) is 14.7. The van der Waals surface area contributed by atoms with Crippen molar-refractivity contribution in [1.29, 1.82) is 0 Å². The summed E-state index contributed by atoms with van der Waals surface area (Å²) in [5.41, 5.74) is 1.39. The van der Waals surface area contributed by atoms with Crippen LogP contribution >= 0.6 is 12.2 Å². The van der Waals surface area contributed by atoms with Crippen LogP contribution < -0.4 is 0 Å². The zero-order chi connectivity index (χ0) is 17.4. The maximum atomic E-state index is 13.0. The fraction of sp³-hybridized carbons (Fsp3) is 0.389. The minimum absolute atomic E-state index is 0.0604. The number of benzene rings is 1. The number of carbonyl (C=O) groups is 2. The second kappa shape index (κ2) is 6.48. The van der Waals surface area contributed by atoms with Gasteiger partial charge in [-0.25, -0.2) is 0 Å². The van der Waals surface area contributed by atoms with E-state index in [4.69, 9.17) is 12.2 Å². The third-order valence-electron chi connectivity index (χ3n) is 4.82. The summed E-state index contributed by atoms with van der Waals surface area (Å²) in [5.74, 6) is 0.422. The number of hydrogen-bond donors (Lipinski definition) is 1. The van der Waals surface area contributed by atoms with E-state index in [1.165, 1.54) is 0 Å². The minimum Gasteiger partial charge on any atom is -0.339 e. The van der Waals surface area contributed by atoms with Crippen LogP contribution in [-0.4, -0.2) is 57.3 Å². The van der Waals surface area contributed by atoms with E-state index in [1.54, 1.807) is 15.7 Å². The number of amides is 2. The van der Waals surface area contributed by atoms with Gasteiger partial charge >= 0.3 is 0 Å². The Labute approximate surface area is 151 Å². The van der Waals surface area contributed by atoms with Crippen molar-refractivity contribution >= 4 is 24.0 Å².